The van der Waals surface area contributed by atoms with E-state index in [1.165, 1.54) is 7.11 Å². The molecule has 16 heavy (non-hydrogen) atoms. The first-order valence-corrected chi connectivity index (χ1v) is 4.86. The first-order valence-electron chi connectivity index (χ1n) is 4.86. The van der Waals surface area contributed by atoms with E-state index in [1.54, 1.807) is 25.3 Å². The van der Waals surface area contributed by atoms with Gasteiger partial charge in [0.1, 0.15) is 0 Å². The molecule has 0 unspecified atom stereocenters. The Morgan fingerprint density at radius 2 is 2.38 bits per heavy atom. The van der Waals surface area contributed by atoms with Crippen molar-refractivity contribution in [1.29, 1.82) is 0 Å². The third kappa shape index (κ3) is 1.60. The number of nitrogens with zero attached hydrogens (tertiary/aromatic N) is 1. The minimum absolute atomic E-state index is 0.0538. The lowest BCUT2D eigenvalue weighted by molar-refractivity contribution is 0.0488. The maximum Gasteiger partial charge on any atom is 0.378 e. The number of esters is 1. The van der Waals surface area contributed by atoms with Crippen molar-refractivity contribution in [2.75, 3.05) is 13.7 Å². The van der Waals surface area contributed by atoms with Crippen LogP contribution >= 0.6 is 0 Å². The largest absolute Gasteiger partial charge is 0.491 e. The SMILES string of the molecule is CCOC(=O)c1oc2cccnc2c1OC. The lowest BCUT2D eigenvalue weighted by atomic mass is 10.3. The molecule has 2 rings (SSSR count). The highest BCUT2D eigenvalue weighted by Crippen LogP contribution is 2.31. The zero-order valence-electron chi connectivity index (χ0n) is 9.02. The number of ether oxygens (including phenoxy) is 2. The van der Waals surface area contributed by atoms with E-state index in [0.29, 0.717) is 16.8 Å². The predicted octanol–water partition coefficient (Wildman–Crippen LogP) is 2.01. The molecule has 0 aromatic carbocycles. The predicted molar refractivity (Wildman–Crippen MR) is 56.5 cm³/mol. The molecule has 2 aromatic heterocycles. The number of rotatable bonds is 3. The molecule has 0 amide bonds. The monoisotopic (exact) mass is 221 g/mol. The van der Waals surface area contributed by atoms with Gasteiger partial charge in [-0.1, -0.05) is 0 Å². The molecular formula is C11H11NO4. The molecule has 0 aliphatic heterocycles. The fraction of sp³-hybridized carbons (Fsp3) is 0.273. The highest BCUT2D eigenvalue weighted by Gasteiger charge is 2.23. The van der Waals surface area contributed by atoms with Crippen LogP contribution in [0.5, 0.6) is 5.75 Å². The van der Waals surface area contributed by atoms with Crippen LogP contribution in [-0.2, 0) is 4.74 Å². The molecule has 0 radical (unpaired) electrons. The van der Waals surface area contributed by atoms with E-state index in [0.717, 1.165) is 0 Å². The van der Waals surface area contributed by atoms with Crippen molar-refractivity contribution in [3.05, 3.63) is 24.1 Å². The Balaban J connectivity index is 2.56. The molecule has 0 saturated heterocycles. The van der Waals surface area contributed by atoms with Crippen molar-refractivity contribution in [3.8, 4) is 5.75 Å². The molecule has 5 nitrogen and oxygen atoms in total. The van der Waals surface area contributed by atoms with Gasteiger partial charge in [-0.3, -0.25) is 0 Å². The Morgan fingerprint density at radius 3 is 3.06 bits per heavy atom. The third-order valence-electron chi connectivity index (χ3n) is 2.07. The number of fused-ring (bicyclic) bond motifs is 1. The van der Waals surface area contributed by atoms with Gasteiger partial charge in [0.15, 0.2) is 16.8 Å². The number of methoxy groups -OCH3 is 1. The average Bonchev–Trinajstić information content (AvgIpc) is 2.67. The van der Waals surface area contributed by atoms with Crippen molar-refractivity contribution >= 4 is 17.1 Å². The quantitative estimate of drug-likeness (QED) is 0.742. The van der Waals surface area contributed by atoms with Crippen LogP contribution in [0.2, 0.25) is 0 Å². The van der Waals surface area contributed by atoms with Gasteiger partial charge in [0.2, 0.25) is 0 Å². The van der Waals surface area contributed by atoms with Gasteiger partial charge < -0.3 is 13.9 Å². The summed E-state index contributed by atoms with van der Waals surface area (Å²) in [6, 6.07) is 3.44. The number of carbonyl (C=O) groups excluding carboxylic acids is 1. The van der Waals surface area contributed by atoms with Gasteiger partial charge in [0, 0.05) is 6.20 Å². The summed E-state index contributed by atoms with van der Waals surface area (Å²) in [5, 5.41) is 0. The second-order valence-electron chi connectivity index (χ2n) is 3.04. The van der Waals surface area contributed by atoms with Crippen molar-refractivity contribution < 1.29 is 18.7 Å². The summed E-state index contributed by atoms with van der Waals surface area (Å²) >= 11 is 0. The van der Waals surface area contributed by atoms with Gasteiger partial charge in [0.25, 0.3) is 5.76 Å². The van der Waals surface area contributed by atoms with Crippen LogP contribution in [-0.4, -0.2) is 24.7 Å². The average molecular weight is 221 g/mol. The highest BCUT2D eigenvalue weighted by atomic mass is 16.5. The Labute approximate surface area is 92.0 Å². The number of aromatic nitrogens is 1. The van der Waals surface area contributed by atoms with Crippen molar-refractivity contribution in [3.63, 3.8) is 0 Å². The molecule has 0 fully saturated rings. The van der Waals surface area contributed by atoms with Crippen LogP contribution in [0.1, 0.15) is 17.5 Å². The summed E-state index contributed by atoms with van der Waals surface area (Å²) < 4.78 is 15.3. The Hall–Kier alpha value is -2.04. The summed E-state index contributed by atoms with van der Waals surface area (Å²) in [6.07, 6.45) is 1.61. The molecule has 0 saturated carbocycles. The molecule has 0 bridgehead atoms. The van der Waals surface area contributed by atoms with Crippen molar-refractivity contribution in [2.45, 2.75) is 6.92 Å². The summed E-state index contributed by atoms with van der Waals surface area (Å²) in [4.78, 5) is 15.7. The minimum atomic E-state index is -0.544. The zero-order valence-corrected chi connectivity index (χ0v) is 9.02. The highest BCUT2D eigenvalue weighted by molar-refractivity contribution is 5.97. The van der Waals surface area contributed by atoms with Gasteiger partial charge in [0.05, 0.1) is 13.7 Å². The van der Waals surface area contributed by atoms with E-state index >= 15 is 0 Å². The van der Waals surface area contributed by atoms with Gasteiger partial charge in [-0.15, -0.1) is 0 Å². The van der Waals surface area contributed by atoms with Crippen molar-refractivity contribution in [2.24, 2.45) is 0 Å². The topological polar surface area (TPSA) is 61.6 Å². The standard InChI is InChI=1S/C11H11NO4/c1-3-15-11(13)10-9(14-2)8-7(16-10)5-4-6-12-8/h4-6H,3H2,1-2H3. The van der Waals surface area contributed by atoms with E-state index in [1.807, 2.05) is 0 Å². The first kappa shape index (κ1) is 10.5. The second kappa shape index (κ2) is 4.22. The zero-order chi connectivity index (χ0) is 11.5. The van der Waals surface area contributed by atoms with Crippen LogP contribution in [0.15, 0.2) is 22.7 Å². The van der Waals surface area contributed by atoms with E-state index in [2.05, 4.69) is 4.98 Å². The Morgan fingerprint density at radius 1 is 1.56 bits per heavy atom. The summed E-state index contributed by atoms with van der Waals surface area (Å²) in [7, 11) is 1.46. The van der Waals surface area contributed by atoms with E-state index in [-0.39, 0.29) is 12.4 Å². The molecule has 0 spiro atoms. The molecule has 0 atom stereocenters. The summed E-state index contributed by atoms with van der Waals surface area (Å²) in [5.74, 6) is -0.176. The van der Waals surface area contributed by atoms with Crippen LogP contribution in [0, 0.1) is 0 Å². The molecule has 0 N–H and O–H groups in total. The van der Waals surface area contributed by atoms with Gasteiger partial charge in [-0.2, -0.15) is 0 Å². The van der Waals surface area contributed by atoms with E-state index in [9.17, 15) is 4.79 Å². The normalized spacial score (nSPS) is 10.4. The van der Waals surface area contributed by atoms with Gasteiger partial charge in [-0.25, -0.2) is 9.78 Å². The lowest BCUT2D eigenvalue weighted by Gasteiger charge is -2.00. The van der Waals surface area contributed by atoms with Gasteiger partial charge >= 0.3 is 5.97 Å². The number of carbonyl (C=O) groups is 1. The van der Waals surface area contributed by atoms with Gasteiger partial charge in [-0.05, 0) is 19.1 Å². The van der Waals surface area contributed by atoms with Crippen molar-refractivity contribution in [1.82, 2.24) is 4.98 Å². The van der Waals surface area contributed by atoms with Crippen LogP contribution in [0.25, 0.3) is 11.1 Å². The molecule has 2 aromatic rings. The fourth-order valence-electron chi connectivity index (χ4n) is 1.43. The fourth-order valence-corrected chi connectivity index (χ4v) is 1.43. The number of hydrogen-bond acceptors (Lipinski definition) is 5. The smallest absolute Gasteiger partial charge is 0.378 e. The molecular weight excluding hydrogens is 210 g/mol. The summed E-state index contributed by atoms with van der Waals surface area (Å²) in [6.45, 7) is 2.01. The second-order valence-corrected chi connectivity index (χ2v) is 3.04. The maximum atomic E-state index is 11.6. The Kier molecular flexibility index (Phi) is 2.76. The summed E-state index contributed by atoms with van der Waals surface area (Å²) in [5.41, 5.74) is 1.02. The van der Waals surface area contributed by atoms with E-state index < -0.39 is 5.97 Å². The lowest BCUT2D eigenvalue weighted by Crippen LogP contribution is -2.04. The number of pyridine rings is 1. The first-order chi connectivity index (χ1) is 7.77. The molecule has 84 valence electrons. The maximum absolute atomic E-state index is 11.6. The molecule has 0 aliphatic rings. The van der Waals surface area contributed by atoms with Crippen LogP contribution < -0.4 is 4.74 Å². The third-order valence-corrected chi connectivity index (χ3v) is 2.07. The Bertz CT molecular complexity index is 518. The molecule has 0 aliphatic carbocycles. The number of hydrogen-bond donors (Lipinski definition) is 0. The number of furan rings is 1. The van der Waals surface area contributed by atoms with Crippen LogP contribution in [0.3, 0.4) is 0 Å². The minimum Gasteiger partial charge on any atom is -0.491 e. The molecule has 2 heterocycles. The van der Waals surface area contributed by atoms with Crippen LogP contribution in [0.4, 0.5) is 0 Å². The van der Waals surface area contributed by atoms with E-state index in [4.69, 9.17) is 13.9 Å². The molecule has 5 heteroatoms.